The van der Waals surface area contributed by atoms with E-state index >= 15 is 0 Å². The minimum atomic E-state index is -0.493. The van der Waals surface area contributed by atoms with Gasteiger partial charge in [-0.1, -0.05) is 23.7 Å². The van der Waals surface area contributed by atoms with Crippen molar-refractivity contribution in [1.29, 1.82) is 0 Å². The van der Waals surface area contributed by atoms with Crippen LogP contribution >= 0.6 is 22.9 Å². The number of nitrogens with zero attached hydrogens (tertiary/aromatic N) is 3. The Bertz CT molecular complexity index is 985. The molecule has 26 heavy (non-hydrogen) atoms. The van der Waals surface area contributed by atoms with Gasteiger partial charge in [-0.15, -0.1) is 11.3 Å². The number of oxazole rings is 1. The first kappa shape index (κ1) is 17.3. The van der Waals surface area contributed by atoms with Crippen molar-refractivity contribution in [3.05, 3.63) is 56.2 Å². The molecule has 1 aliphatic rings. The highest BCUT2D eigenvalue weighted by Gasteiger charge is 2.23. The fraction of sp³-hybridized carbons (Fsp3) is 0.333. The lowest BCUT2D eigenvalue weighted by atomic mass is 10.3. The Balaban J connectivity index is 1.37. The standard InChI is InChI=1S/C18H18ClN3O3S/c19-16-6-5-13(26-16)11-20-7-9-21(10-8-20)17(23)12-22-14-3-1-2-4-15(14)25-18(22)24/h1-6H,7-12H2. The van der Waals surface area contributed by atoms with Gasteiger partial charge < -0.3 is 9.32 Å². The lowest BCUT2D eigenvalue weighted by molar-refractivity contribution is -0.133. The molecule has 3 aromatic rings. The quantitative estimate of drug-likeness (QED) is 0.686. The second kappa shape index (κ2) is 7.26. The van der Waals surface area contributed by atoms with Crippen molar-refractivity contribution in [2.45, 2.75) is 13.1 Å². The Morgan fingerprint density at radius 1 is 1.12 bits per heavy atom. The van der Waals surface area contributed by atoms with Crippen LogP contribution in [0.2, 0.25) is 4.34 Å². The fourth-order valence-corrected chi connectivity index (χ4v) is 4.34. The van der Waals surface area contributed by atoms with E-state index in [0.717, 1.165) is 24.0 Å². The largest absolute Gasteiger partial charge is 0.420 e. The summed E-state index contributed by atoms with van der Waals surface area (Å²) in [7, 11) is 0. The Labute approximate surface area is 159 Å². The van der Waals surface area contributed by atoms with E-state index in [1.54, 1.807) is 29.5 Å². The second-order valence-electron chi connectivity index (χ2n) is 6.28. The van der Waals surface area contributed by atoms with Gasteiger partial charge in [0.25, 0.3) is 0 Å². The van der Waals surface area contributed by atoms with Crippen molar-refractivity contribution in [3.63, 3.8) is 0 Å². The van der Waals surface area contributed by atoms with Crippen LogP contribution in [0, 0.1) is 0 Å². The summed E-state index contributed by atoms with van der Waals surface area (Å²) in [5.74, 6) is -0.551. The van der Waals surface area contributed by atoms with Gasteiger partial charge in [0.05, 0.1) is 9.85 Å². The number of hydrogen-bond donors (Lipinski definition) is 0. The van der Waals surface area contributed by atoms with E-state index in [1.807, 2.05) is 23.1 Å². The Morgan fingerprint density at radius 2 is 1.88 bits per heavy atom. The third-order valence-corrected chi connectivity index (χ3v) is 5.82. The van der Waals surface area contributed by atoms with Gasteiger partial charge in [0.15, 0.2) is 5.58 Å². The van der Waals surface area contributed by atoms with Crippen LogP contribution in [-0.2, 0) is 17.9 Å². The molecule has 1 aliphatic heterocycles. The van der Waals surface area contributed by atoms with E-state index in [9.17, 15) is 9.59 Å². The fourth-order valence-electron chi connectivity index (χ4n) is 3.21. The Kier molecular flexibility index (Phi) is 4.84. The highest BCUT2D eigenvalue weighted by molar-refractivity contribution is 7.16. The van der Waals surface area contributed by atoms with Crippen molar-refractivity contribution in [2.24, 2.45) is 0 Å². The summed E-state index contributed by atoms with van der Waals surface area (Å²) in [5, 5.41) is 0. The molecular formula is C18H18ClN3O3S. The summed E-state index contributed by atoms with van der Waals surface area (Å²) in [6.07, 6.45) is 0. The summed E-state index contributed by atoms with van der Waals surface area (Å²) in [6, 6.07) is 11.1. The molecule has 136 valence electrons. The monoisotopic (exact) mass is 391 g/mol. The van der Waals surface area contributed by atoms with Crippen molar-refractivity contribution in [3.8, 4) is 0 Å². The summed E-state index contributed by atoms with van der Waals surface area (Å²) in [6.45, 7) is 3.79. The summed E-state index contributed by atoms with van der Waals surface area (Å²) >= 11 is 7.56. The number of para-hydroxylation sites is 2. The predicted octanol–water partition coefficient (Wildman–Crippen LogP) is 2.65. The summed E-state index contributed by atoms with van der Waals surface area (Å²) in [5.41, 5.74) is 1.16. The maximum Gasteiger partial charge on any atom is 0.420 e. The molecule has 2 aromatic heterocycles. The number of piperazine rings is 1. The first-order valence-electron chi connectivity index (χ1n) is 8.43. The molecule has 0 unspecified atom stereocenters. The van der Waals surface area contributed by atoms with Crippen LogP contribution in [0.1, 0.15) is 4.88 Å². The van der Waals surface area contributed by atoms with Gasteiger partial charge in [-0.05, 0) is 24.3 Å². The van der Waals surface area contributed by atoms with Gasteiger partial charge in [0, 0.05) is 37.6 Å². The lowest BCUT2D eigenvalue weighted by Gasteiger charge is -2.34. The molecule has 6 nitrogen and oxygen atoms in total. The molecular weight excluding hydrogens is 374 g/mol. The molecule has 0 atom stereocenters. The minimum absolute atomic E-state index is 0.0103. The van der Waals surface area contributed by atoms with Crippen LogP contribution in [-0.4, -0.2) is 46.5 Å². The normalized spacial score (nSPS) is 15.7. The number of carbonyl (C=O) groups is 1. The van der Waals surface area contributed by atoms with E-state index < -0.39 is 5.76 Å². The van der Waals surface area contributed by atoms with Gasteiger partial charge >= 0.3 is 5.76 Å². The number of hydrogen-bond acceptors (Lipinski definition) is 5. The Morgan fingerprint density at radius 3 is 2.62 bits per heavy atom. The highest BCUT2D eigenvalue weighted by atomic mass is 35.5. The molecule has 0 N–H and O–H groups in total. The maximum absolute atomic E-state index is 12.6. The number of fused-ring (bicyclic) bond motifs is 1. The number of thiophene rings is 1. The molecule has 0 aliphatic carbocycles. The third kappa shape index (κ3) is 3.56. The van der Waals surface area contributed by atoms with Crippen molar-refractivity contribution in [2.75, 3.05) is 26.2 Å². The van der Waals surface area contributed by atoms with E-state index in [4.69, 9.17) is 16.0 Å². The zero-order valence-corrected chi connectivity index (χ0v) is 15.6. The number of aromatic nitrogens is 1. The zero-order chi connectivity index (χ0) is 18.1. The molecule has 0 saturated carbocycles. The van der Waals surface area contributed by atoms with Crippen molar-refractivity contribution in [1.82, 2.24) is 14.4 Å². The van der Waals surface area contributed by atoms with Crippen LogP contribution < -0.4 is 5.76 Å². The lowest BCUT2D eigenvalue weighted by Crippen LogP contribution is -2.49. The summed E-state index contributed by atoms with van der Waals surface area (Å²) < 4.78 is 7.39. The van der Waals surface area contributed by atoms with E-state index in [0.29, 0.717) is 24.2 Å². The highest BCUT2D eigenvalue weighted by Crippen LogP contribution is 2.23. The molecule has 3 heterocycles. The topological polar surface area (TPSA) is 58.7 Å². The molecule has 4 rings (SSSR count). The molecule has 8 heteroatoms. The molecule has 1 aromatic carbocycles. The maximum atomic E-state index is 12.6. The molecule has 1 amide bonds. The summed E-state index contributed by atoms with van der Waals surface area (Å²) in [4.78, 5) is 30.0. The molecule has 0 bridgehead atoms. The van der Waals surface area contributed by atoms with Crippen molar-refractivity contribution >= 4 is 39.9 Å². The third-order valence-electron chi connectivity index (χ3n) is 4.60. The number of carbonyl (C=O) groups excluding carboxylic acids is 1. The molecule has 0 spiro atoms. The molecule has 1 fully saturated rings. The minimum Gasteiger partial charge on any atom is -0.408 e. The second-order valence-corrected chi connectivity index (χ2v) is 8.08. The van der Waals surface area contributed by atoms with E-state index in [2.05, 4.69) is 4.90 Å². The first-order valence-corrected chi connectivity index (χ1v) is 9.62. The SMILES string of the molecule is O=C(Cn1c(=O)oc2ccccc21)N1CCN(Cc2ccc(Cl)s2)CC1. The van der Waals surface area contributed by atoms with Crippen LogP contribution in [0.5, 0.6) is 0 Å². The number of benzene rings is 1. The van der Waals surface area contributed by atoms with Crippen LogP contribution in [0.25, 0.3) is 11.1 Å². The van der Waals surface area contributed by atoms with Gasteiger partial charge in [0.1, 0.15) is 6.54 Å². The Hall–Kier alpha value is -2.09. The van der Waals surface area contributed by atoms with Gasteiger partial charge in [-0.2, -0.15) is 0 Å². The first-order chi connectivity index (χ1) is 12.6. The average molecular weight is 392 g/mol. The van der Waals surface area contributed by atoms with Crippen molar-refractivity contribution < 1.29 is 9.21 Å². The van der Waals surface area contributed by atoms with E-state index in [-0.39, 0.29) is 12.5 Å². The molecule has 1 saturated heterocycles. The number of rotatable bonds is 4. The smallest absolute Gasteiger partial charge is 0.408 e. The van der Waals surface area contributed by atoms with Gasteiger partial charge in [-0.25, -0.2) is 4.79 Å². The molecule has 0 radical (unpaired) electrons. The number of halogens is 1. The van der Waals surface area contributed by atoms with Crippen LogP contribution in [0.15, 0.2) is 45.6 Å². The van der Waals surface area contributed by atoms with Crippen LogP contribution in [0.4, 0.5) is 0 Å². The van der Waals surface area contributed by atoms with Crippen LogP contribution in [0.3, 0.4) is 0 Å². The zero-order valence-electron chi connectivity index (χ0n) is 14.1. The average Bonchev–Trinajstić information content (AvgIpc) is 3.19. The van der Waals surface area contributed by atoms with Gasteiger partial charge in [0.2, 0.25) is 5.91 Å². The van der Waals surface area contributed by atoms with E-state index in [1.165, 1.54) is 9.44 Å². The predicted molar refractivity (Wildman–Crippen MR) is 102 cm³/mol. The van der Waals surface area contributed by atoms with Gasteiger partial charge in [-0.3, -0.25) is 14.3 Å². The number of amides is 1.